The Bertz CT molecular complexity index is 700. The smallest absolute Gasteiger partial charge is 0.243 e. The van der Waals surface area contributed by atoms with Gasteiger partial charge in [0.25, 0.3) is 0 Å². The van der Waals surface area contributed by atoms with Gasteiger partial charge < -0.3 is 10.6 Å². The zero-order valence-corrected chi connectivity index (χ0v) is 13.3. The number of benzene rings is 2. The lowest BCUT2D eigenvalue weighted by molar-refractivity contribution is -0.114. The molecule has 0 heterocycles. The number of rotatable bonds is 5. The Morgan fingerprint density at radius 2 is 1.73 bits per heavy atom. The van der Waals surface area contributed by atoms with E-state index in [2.05, 4.69) is 10.6 Å². The van der Waals surface area contributed by atoms with Crippen molar-refractivity contribution in [2.45, 2.75) is 6.92 Å². The lowest BCUT2D eigenvalue weighted by atomic mass is 10.1. The number of Topliss-reactive ketones (excluding diaryl/α,β-unsaturated/α-hetero) is 1. The normalized spacial score (nSPS) is 10.1. The second-order valence-corrected chi connectivity index (χ2v) is 5.50. The van der Waals surface area contributed by atoms with Crippen molar-refractivity contribution >= 4 is 46.3 Å². The summed E-state index contributed by atoms with van der Waals surface area (Å²) in [5.41, 5.74) is 1.84. The fraction of sp³-hybridized carbons (Fsp3) is 0.125. The molecule has 4 nitrogen and oxygen atoms in total. The van der Waals surface area contributed by atoms with Crippen LogP contribution in [0.2, 0.25) is 10.0 Å². The minimum Gasteiger partial charge on any atom is -0.376 e. The summed E-state index contributed by atoms with van der Waals surface area (Å²) in [6.07, 6.45) is 0. The van der Waals surface area contributed by atoms with Crippen molar-refractivity contribution < 1.29 is 9.59 Å². The van der Waals surface area contributed by atoms with E-state index in [0.717, 1.165) is 5.69 Å². The molecule has 0 fully saturated rings. The number of anilines is 2. The summed E-state index contributed by atoms with van der Waals surface area (Å²) in [6.45, 7) is 1.58. The molecule has 6 heteroatoms. The Balaban J connectivity index is 1.92. The maximum absolute atomic E-state index is 11.9. The minimum absolute atomic E-state index is 0.000101. The minimum atomic E-state index is -0.250. The SMILES string of the molecule is CC(=O)c1ccc(NCC(=O)Nc2cc(Cl)ccc2Cl)cc1. The number of ketones is 1. The van der Waals surface area contributed by atoms with Crippen LogP contribution in [0.15, 0.2) is 42.5 Å². The first-order chi connectivity index (χ1) is 10.5. The van der Waals surface area contributed by atoms with Crippen LogP contribution in [0.4, 0.5) is 11.4 Å². The van der Waals surface area contributed by atoms with Crippen molar-refractivity contribution in [3.8, 4) is 0 Å². The quantitative estimate of drug-likeness (QED) is 0.802. The summed E-state index contributed by atoms with van der Waals surface area (Å²) in [6, 6.07) is 11.8. The Labute approximate surface area is 138 Å². The van der Waals surface area contributed by atoms with E-state index in [-0.39, 0.29) is 18.2 Å². The maximum atomic E-state index is 11.9. The highest BCUT2D eigenvalue weighted by Gasteiger charge is 2.07. The Morgan fingerprint density at radius 1 is 1.05 bits per heavy atom. The third-order valence-electron chi connectivity index (χ3n) is 2.95. The van der Waals surface area contributed by atoms with Crippen LogP contribution >= 0.6 is 23.2 Å². The van der Waals surface area contributed by atoms with Gasteiger partial charge in [-0.25, -0.2) is 0 Å². The number of hydrogen-bond acceptors (Lipinski definition) is 3. The molecule has 2 aromatic carbocycles. The van der Waals surface area contributed by atoms with Gasteiger partial charge in [0.2, 0.25) is 5.91 Å². The molecule has 0 radical (unpaired) electrons. The van der Waals surface area contributed by atoms with Crippen LogP contribution in [0.25, 0.3) is 0 Å². The van der Waals surface area contributed by atoms with Gasteiger partial charge in [-0.05, 0) is 49.4 Å². The van der Waals surface area contributed by atoms with Gasteiger partial charge in [0.15, 0.2) is 5.78 Å². The predicted octanol–water partition coefficient (Wildman–Crippen LogP) is 4.25. The average molecular weight is 337 g/mol. The highest BCUT2D eigenvalue weighted by molar-refractivity contribution is 6.35. The fourth-order valence-electron chi connectivity index (χ4n) is 1.79. The van der Waals surface area contributed by atoms with Crippen LogP contribution in [-0.4, -0.2) is 18.2 Å². The summed E-state index contributed by atoms with van der Waals surface area (Å²) in [4.78, 5) is 23.1. The van der Waals surface area contributed by atoms with E-state index in [9.17, 15) is 9.59 Å². The van der Waals surface area contributed by atoms with Gasteiger partial charge in [-0.2, -0.15) is 0 Å². The van der Waals surface area contributed by atoms with Crippen molar-refractivity contribution in [2.75, 3.05) is 17.2 Å². The van der Waals surface area contributed by atoms with Crippen LogP contribution in [0.1, 0.15) is 17.3 Å². The summed E-state index contributed by atoms with van der Waals surface area (Å²) in [7, 11) is 0. The predicted molar refractivity (Wildman–Crippen MR) is 90.0 cm³/mol. The number of nitrogens with one attached hydrogen (secondary N) is 2. The zero-order chi connectivity index (χ0) is 16.1. The van der Waals surface area contributed by atoms with Crippen LogP contribution in [0.3, 0.4) is 0 Å². The molecule has 2 N–H and O–H groups in total. The number of amides is 1. The lowest BCUT2D eigenvalue weighted by Crippen LogP contribution is -2.21. The van der Waals surface area contributed by atoms with Crippen LogP contribution in [0, 0.1) is 0 Å². The van der Waals surface area contributed by atoms with Gasteiger partial charge in [0.1, 0.15) is 0 Å². The molecule has 22 heavy (non-hydrogen) atoms. The Hall–Kier alpha value is -2.04. The van der Waals surface area contributed by atoms with Crippen molar-refractivity contribution in [3.63, 3.8) is 0 Å². The molecule has 0 aliphatic carbocycles. The molecular weight excluding hydrogens is 323 g/mol. The first-order valence-electron chi connectivity index (χ1n) is 6.55. The lowest BCUT2D eigenvalue weighted by Gasteiger charge is -2.09. The van der Waals surface area contributed by atoms with E-state index in [0.29, 0.717) is 21.3 Å². The van der Waals surface area contributed by atoms with E-state index in [4.69, 9.17) is 23.2 Å². The molecule has 0 aromatic heterocycles. The van der Waals surface area contributed by atoms with Crippen molar-refractivity contribution in [1.29, 1.82) is 0 Å². The van der Waals surface area contributed by atoms with Crippen LogP contribution in [0.5, 0.6) is 0 Å². The zero-order valence-electron chi connectivity index (χ0n) is 11.8. The van der Waals surface area contributed by atoms with Crippen molar-refractivity contribution in [3.05, 3.63) is 58.1 Å². The molecule has 0 aliphatic heterocycles. The van der Waals surface area contributed by atoms with Crippen LogP contribution in [-0.2, 0) is 4.79 Å². The summed E-state index contributed by atoms with van der Waals surface area (Å²) in [5, 5.41) is 6.56. The third kappa shape index (κ3) is 4.48. The highest BCUT2D eigenvalue weighted by atomic mass is 35.5. The molecule has 114 valence electrons. The molecule has 0 saturated carbocycles. The van der Waals surface area contributed by atoms with Gasteiger partial charge in [-0.1, -0.05) is 23.2 Å². The summed E-state index contributed by atoms with van der Waals surface area (Å²) in [5.74, 6) is -0.250. The third-order valence-corrected chi connectivity index (χ3v) is 3.51. The summed E-state index contributed by atoms with van der Waals surface area (Å²) >= 11 is 11.8. The molecule has 0 atom stereocenters. The van der Waals surface area contributed by atoms with Gasteiger partial charge in [0, 0.05) is 16.3 Å². The van der Waals surface area contributed by atoms with Gasteiger partial charge in [0.05, 0.1) is 17.3 Å². The molecular formula is C16H14Cl2N2O2. The Morgan fingerprint density at radius 3 is 2.36 bits per heavy atom. The molecule has 2 aromatic rings. The average Bonchev–Trinajstić information content (AvgIpc) is 2.49. The largest absolute Gasteiger partial charge is 0.376 e. The van der Waals surface area contributed by atoms with E-state index >= 15 is 0 Å². The molecule has 2 rings (SSSR count). The standard InChI is InChI=1S/C16H14Cl2N2O2/c1-10(21)11-2-5-13(6-3-11)19-9-16(22)20-15-8-12(17)4-7-14(15)18/h2-8,19H,9H2,1H3,(H,20,22). The van der Waals surface area contributed by atoms with Gasteiger partial charge in [-0.15, -0.1) is 0 Å². The molecule has 0 saturated heterocycles. The first-order valence-corrected chi connectivity index (χ1v) is 7.31. The number of carbonyl (C=O) groups excluding carboxylic acids is 2. The van der Waals surface area contributed by atoms with Crippen molar-refractivity contribution in [2.24, 2.45) is 0 Å². The molecule has 0 aliphatic rings. The van der Waals surface area contributed by atoms with Crippen molar-refractivity contribution in [1.82, 2.24) is 0 Å². The summed E-state index contributed by atoms with van der Waals surface area (Å²) < 4.78 is 0. The number of hydrogen-bond donors (Lipinski definition) is 2. The second-order valence-electron chi connectivity index (χ2n) is 4.66. The Kier molecular flexibility index (Phi) is 5.41. The van der Waals surface area contributed by atoms with Gasteiger partial charge in [-0.3, -0.25) is 9.59 Å². The van der Waals surface area contributed by atoms with E-state index in [1.54, 1.807) is 42.5 Å². The monoisotopic (exact) mass is 336 g/mol. The van der Waals surface area contributed by atoms with E-state index in [1.165, 1.54) is 6.92 Å². The maximum Gasteiger partial charge on any atom is 0.243 e. The molecule has 0 spiro atoms. The second kappa shape index (κ2) is 7.29. The topological polar surface area (TPSA) is 58.2 Å². The van der Waals surface area contributed by atoms with E-state index < -0.39 is 0 Å². The molecule has 1 amide bonds. The van der Waals surface area contributed by atoms with E-state index in [1.807, 2.05) is 0 Å². The number of halogens is 2. The molecule has 0 unspecified atom stereocenters. The van der Waals surface area contributed by atoms with Crippen LogP contribution < -0.4 is 10.6 Å². The first kappa shape index (κ1) is 16.3. The number of carbonyl (C=O) groups is 2. The highest BCUT2D eigenvalue weighted by Crippen LogP contribution is 2.25. The van der Waals surface area contributed by atoms with Gasteiger partial charge >= 0.3 is 0 Å². The fourth-order valence-corrected chi connectivity index (χ4v) is 2.13. The molecule has 0 bridgehead atoms.